The molecule has 3 aliphatic heterocycles. The molecule has 34 heavy (non-hydrogen) atoms. The molecule has 0 radical (unpaired) electrons. The van der Waals surface area contributed by atoms with Crippen molar-refractivity contribution in [3.8, 4) is 0 Å². The van der Waals surface area contributed by atoms with Crippen molar-refractivity contribution in [3.63, 3.8) is 0 Å². The highest BCUT2D eigenvalue weighted by atomic mass is 32.2. The topological polar surface area (TPSA) is 98.7 Å². The first-order valence-corrected chi connectivity index (χ1v) is 13.5. The number of nitrogens with one attached hydrogen (secondary N) is 2. The maximum absolute atomic E-state index is 14.0. The first-order chi connectivity index (χ1) is 16.4. The molecule has 186 valence electrons. The normalized spacial score (nSPS) is 31.3. The summed E-state index contributed by atoms with van der Waals surface area (Å²) in [6.07, 6.45) is 4.15. The first kappa shape index (κ1) is 25.0. The number of anilines is 1. The number of aliphatic hydroxyl groups is 1. The van der Waals surface area contributed by atoms with Gasteiger partial charge < -0.3 is 20.6 Å². The van der Waals surface area contributed by atoms with Crippen molar-refractivity contribution in [2.75, 3.05) is 18.5 Å². The second-order valence-corrected chi connectivity index (χ2v) is 11.5. The molecule has 0 aliphatic carbocycles. The largest absolute Gasteiger partial charge is 0.394 e. The number of nitrogens with zero attached hydrogens (tertiary/aromatic N) is 1. The average molecular weight is 488 g/mol. The molecule has 2 unspecified atom stereocenters. The molecular weight excluding hydrogens is 450 g/mol. The third-order valence-electron chi connectivity index (χ3n) is 8.01. The van der Waals surface area contributed by atoms with Crippen molar-refractivity contribution in [1.82, 2.24) is 10.2 Å². The Bertz CT molecular complexity index is 913. The van der Waals surface area contributed by atoms with Crippen molar-refractivity contribution in [1.29, 1.82) is 0 Å². The Labute approximate surface area is 206 Å². The van der Waals surface area contributed by atoms with Gasteiger partial charge in [-0.05, 0) is 37.3 Å². The van der Waals surface area contributed by atoms with Crippen molar-refractivity contribution >= 4 is 35.2 Å². The van der Waals surface area contributed by atoms with Crippen LogP contribution in [0.3, 0.4) is 0 Å². The number of likely N-dealkylation sites (tertiary alicyclic amines) is 1. The van der Waals surface area contributed by atoms with Crippen molar-refractivity contribution in [2.24, 2.45) is 17.8 Å². The number of para-hydroxylation sites is 1. The zero-order chi connectivity index (χ0) is 24.5. The summed E-state index contributed by atoms with van der Waals surface area (Å²) in [6, 6.07) is 8.18. The lowest BCUT2D eigenvalue weighted by atomic mass is 9.70. The van der Waals surface area contributed by atoms with Crippen LogP contribution < -0.4 is 10.6 Å². The minimum Gasteiger partial charge on any atom is -0.394 e. The number of hydrogen-bond acceptors (Lipinski definition) is 5. The molecule has 8 heteroatoms. The Morgan fingerprint density at radius 1 is 1.24 bits per heavy atom. The van der Waals surface area contributed by atoms with E-state index < -0.39 is 28.7 Å². The standard InChI is InChI=1S/C26H37N3O4S/c1-4-6-14-27-24(32)22-26-13-12-19(34-26)20(23(31)28-17-10-8-7-9-11-17)21(26)25(33)29(22)18(15-30)16(3)5-2/h7-11,16,18-22,30H,4-6,12-15H2,1-3H3,(H,27,32)(H,28,31)/t16-,18-,19-,20+,21-,22?,26?/m0/s1. The Morgan fingerprint density at radius 3 is 2.62 bits per heavy atom. The molecule has 4 rings (SSSR count). The van der Waals surface area contributed by atoms with E-state index >= 15 is 0 Å². The smallest absolute Gasteiger partial charge is 0.244 e. The highest BCUT2D eigenvalue weighted by Crippen LogP contribution is 2.66. The van der Waals surface area contributed by atoms with Gasteiger partial charge in [0.05, 0.1) is 29.2 Å². The number of fused-ring (bicyclic) bond motifs is 1. The molecule has 1 aromatic rings. The summed E-state index contributed by atoms with van der Waals surface area (Å²) in [5.74, 6) is -1.46. The summed E-state index contributed by atoms with van der Waals surface area (Å²) in [5.41, 5.74) is 0.707. The predicted octanol–water partition coefficient (Wildman–Crippen LogP) is 3.04. The molecule has 7 nitrogen and oxygen atoms in total. The third-order valence-corrected chi connectivity index (χ3v) is 9.96. The van der Waals surface area contributed by atoms with E-state index in [0.29, 0.717) is 12.2 Å². The molecule has 1 aromatic carbocycles. The number of rotatable bonds is 10. The number of hydrogen-bond donors (Lipinski definition) is 3. The lowest BCUT2D eigenvalue weighted by Gasteiger charge is -2.39. The summed E-state index contributed by atoms with van der Waals surface area (Å²) >= 11 is 1.66. The number of carbonyl (C=O) groups is 3. The molecule has 3 amide bonds. The number of unbranched alkanes of at least 4 members (excludes halogenated alkanes) is 1. The molecule has 3 fully saturated rings. The van der Waals surface area contributed by atoms with Gasteiger partial charge in [0.2, 0.25) is 17.7 Å². The van der Waals surface area contributed by atoms with Crippen LogP contribution in [0.4, 0.5) is 5.69 Å². The summed E-state index contributed by atoms with van der Waals surface area (Å²) in [7, 11) is 0. The number of amides is 3. The van der Waals surface area contributed by atoms with Gasteiger partial charge in [-0.2, -0.15) is 0 Å². The van der Waals surface area contributed by atoms with E-state index in [2.05, 4.69) is 17.6 Å². The van der Waals surface area contributed by atoms with Gasteiger partial charge >= 0.3 is 0 Å². The van der Waals surface area contributed by atoms with Crippen LogP contribution in [0, 0.1) is 17.8 Å². The molecule has 3 N–H and O–H groups in total. The van der Waals surface area contributed by atoms with E-state index in [1.165, 1.54) is 0 Å². The van der Waals surface area contributed by atoms with Crippen LogP contribution in [0.15, 0.2) is 30.3 Å². The van der Waals surface area contributed by atoms with Gasteiger partial charge in [0.15, 0.2) is 0 Å². The summed E-state index contributed by atoms with van der Waals surface area (Å²) in [6.45, 7) is 6.47. The van der Waals surface area contributed by atoms with E-state index in [0.717, 1.165) is 32.1 Å². The number of benzene rings is 1. The third kappa shape index (κ3) is 4.13. The van der Waals surface area contributed by atoms with E-state index in [1.807, 2.05) is 44.2 Å². The van der Waals surface area contributed by atoms with Crippen LogP contribution >= 0.6 is 11.8 Å². The fraction of sp³-hybridized carbons (Fsp3) is 0.654. The Morgan fingerprint density at radius 2 is 1.97 bits per heavy atom. The minimum atomic E-state index is -0.669. The summed E-state index contributed by atoms with van der Waals surface area (Å²) < 4.78 is -0.627. The van der Waals surface area contributed by atoms with Gasteiger partial charge in [0.25, 0.3) is 0 Å². The Balaban J connectivity index is 1.69. The number of thioether (sulfide) groups is 1. The predicted molar refractivity (Wildman–Crippen MR) is 134 cm³/mol. The fourth-order valence-corrected chi connectivity index (χ4v) is 8.30. The first-order valence-electron chi connectivity index (χ1n) is 12.6. The number of aliphatic hydroxyl groups excluding tert-OH is 1. The lowest BCUT2D eigenvalue weighted by Crippen LogP contribution is -2.57. The van der Waals surface area contributed by atoms with E-state index in [-0.39, 0.29) is 35.5 Å². The average Bonchev–Trinajstić information content (AvgIpc) is 3.48. The SMILES string of the molecule is CCCCNC(=O)C1N([C@@H](CO)[C@@H](C)CC)C(=O)[C@@H]2[C@H](C(=O)Nc3ccccc3)[C@@H]3CCC12S3. The zero-order valence-corrected chi connectivity index (χ0v) is 21.1. The Kier molecular flexibility index (Phi) is 7.57. The van der Waals surface area contributed by atoms with Crippen molar-refractivity contribution in [2.45, 2.75) is 75.0 Å². The van der Waals surface area contributed by atoms with E-state index in [9.17, 15) is 19.5 Å². The van der Waals surface area contributed by atoms with Gasteiger partial charge in [-0.3, -0.25) is 14.4 Å². The summed E-state index contributed by atoms with van der Waals surface area (Å²) in [5, 5.41) is 16.4. The van der Waals surface area contributed by atoms with Crippen LogP contribution in [0.25, 0.3) is 0 Å². The highest BCUT2D eigenvalue weighted by Gasteiger charge is 2.74. The highest BCUT2D eigenvalue weighted by molar-refractivity contribution is 8.02. The van der Waals surface area contributed by atoms with Gasteiger partial charge in [0.1, 0.15) is 6.04 Å². The molecule has 3 heterocycles. The Hall–Kier alpha value is -2.06. The van der Waals surface area contributed by atoms with E-state index in [1.54, 1.807) is 16.7 Å². The fourth-order valence-electron chi connectivity index (χ4n) is 6.09. The van der Waals surface area contributed by atoms with Gasteiger partial charge in [-0.25, -0.2) is 0 Å². The molecule has 3 aliphatic rings. The minimum absolute atomic E-state index is 0.0157. The quantitative estimate of drug-likeness (QED) is 0.441. The zero-order valence-electron chi connectivity index (χ0n) is 20.3. The van der Waals surface area contributed by atoms with Gasteiger partial charge in [0, 0.05) is 17.5 Å². The molecule has 0 aromatic heterocycles. The van der Waals surface area contributed by atoms with Gasteiger partial charge in [-0.1, -0.05) is 51.8 Å². The number of carbonyl (C=O) groups excluding carboxylic acids is 3. The van der Waals surface area contributed by atoms with Gasteiger partial charge in [-0.15, -0.1) is 11.8 Å². The second-order valence-electron chi connectivity index (χ2n) is 9.94. The van der Waals surface area contributed by atoms with Crippen LogP contribution in [-0.2, 0) is 14.4 Å². The molecule has 3 saturated heterocycles. The molecule has 1 spiro atoms. The van der Waals surface area contributed by atoms with Crippen LogP contribution in [0.2, 0.25) is 0 Å². The van der Waals surface area contributed by atoms with E-state index in [4.69, 9.17) is 0 Å². The molecule has 2 bridgehead atoms. The summed E-state index contributed by atoms with van der Waals surface area (Å²) in [4.78, 5) is 42.8. The monoisotopic (exact) mass is 487 g/mol. The van der Waals surface area contributed by atoms with Crippen LogP contribution in [0.1, 0.15) is 52.9 Å². The molecular formula is C26H37N3O4S. The lowest BCUT2D eigenvalue weighted by molar-refractivity contribution is -0.143. The molecule has 7 atom stereocenters. The maximum Gasteiger partial charge on any atom is 0.244 e. The van der Waals surface area contributed by atoms with Crippen LogP contribution in [0.5, 0.6) is 0 Å². The van der Waals surface area contributed by atoms with Crippen molar-refractivity contribution < 1.29 is 19.5 Å². The second kappa shape index (κ2) is 10.3. The maximum atomic E-state index is 14.0. The molecule has 0 saturated carbocycles. The van der Waals surface area contributed by atoms with Crippen LogP contribution in [-0.4, -0.2) is 63.0 Å². The van der Waals surface area contributed by atoms with Crippen molar-refractivity contribution in [3.05, 3.63) is 30.3 Å².